The lowest BCUT2D eigenvalue weighted by atomic mass is 10.1. The third-order valence-corrected chi connectivity index (χ3v) is 3.67. The van der Waals surface area contributed by atoms with Gasteiger partial charge in [-0.15, -0.1) is 0 Å². The molecular formula is C14H22N4O. The Hall–Kier alpha value is -1.62. The lowest BCUT2D eigenvalue weighted by molar-refractivity contribution is -0.119. The van der Waals surface area contributed by atoms with Crippen LogP contribution in [0.5, 0.6) is 0 Å². The van der Waals surface area contributed by atoms with Gasteiger partial charge < -0.3 is 11.1 Å². The molecule has 0 atom stereocenters. The number of rotatable bonds is 6. The van der Waals surface area contributed by atoms with Crippen molar-refractivity contribution in [3.8, 4) is 0 Å². The van der Waals surface area contributed by atoms with Crippen molar-refractivity contribution in [2.45, 2.75) is 38.3 Å². The molecule has 0 unspecified atom stereocenters. The smallest absolute Gasteiger partial charge is 0.231 e. The predicted molar refractivity (Wildman–Crippen MR) is 75.6 cm³/mol. The lowest BCUT2D eigenvalue weighted by Gasteiger charge is -2.27. The van der Waals surface area contributed by atoms with Crippen LogP contribution >= 0.6 is 0 Å². The first-order valence-corrected chi connectivity index (χ1v) is 6.84. The molecule has 1 heterocycles. The molecular weight excluding hydrogens is 240 g/mol. The molecule has 1 amide bonds. The Balaban J connectivity index is 2.07. The number of nitrogens with two attached hydrogens (primary N) is 1. The van der Waals surface area contributed by atoms with Gasteiger partial charge in [0.05, 0.1) is 6.54 Å². The van der Waals surface area contributed by atoms with Crippen LogP contribution in [-0.2, 0) is 11.3 Å². The maximum absolute atomic E-state index is 11.2. The van der Waals surface area contributed by atoms with E-state index in [4.69, 9.17) is 5.73 Å². The van der Waals surface area contributed by atoms with Crippen molar-refractivity contribution in [1.82, 2.24) is 9.88 Å². The molecule has 0 spiro atoms. The average molecular weight is 262 g/mol. The first-order valence-electron chi connectivity index (χ1n) is 6.84. The summed E-state index contributed by atoms with van der Waals surface area (Å²) in [5.74, 6) is 0.595. The van der Waals surface area contributed by atoms with Crippen molar-refractivity contribution < 1.29 is 4.79 Å². The first kappa shape index (κ1) is 13.8. The van der Waals surface area contributed by atoms with Gasteiger partial charge in [0.2, 0.25) is 5.91 Å². The van der Waals surface area contributed by atoms with Crippen LogP contribution in [0.15, 0.2) is 18.3 Å². The molecule has 1 aromatic rings. The van der Waals surface area contributed by atoms with Crippen LogP contribution in [0.2, 0.25) is 0 Å². The number of aromatic nitrogens is 1. The fourth-order valence-electron chi connectivity index (χ4n) is 2.73. The van der Waals surface area contributed by atoms with E-state index < -0.39 is 0 Å². The normalized spacial score (nSPS) is 15.9. The summed E-state index contributed by atoms with van der Waals surface area (Å²) in [6, 6.07) is 4.49. The van der Waals surface area contributed by atoms with Crippen LogP contribution in [0.3, 0.4) is 0 Å². The minimum Gasteiger partial charge on any atom is -0.373 e. The van der Waals surface area contributed by atoms with E-state index in [9.17, 15) is 4.79 Å². The van der Waals surface area contributed by atoms with Crippen molar-refractivity contribution in [2.75, 3.05) is 18.9 Å². The number of nitrogens with zero attached hydrogens (tertiary/aromatic N) is 2. The predicted octanol–water partition coefficient (Wildman–Crippen LogP) is 1.35. The van der Waals surface area contributed by atoms with Crippen LogP contribution in [0.25, 0.3) is 0 Å². The minimum absolute atomic E-state index is 0.255. The molecule has 0 saturated heterocycles. The Bertz CT molecular complexity index is 429. The molecule has 2 rings (SSSR count). The Morgan fingerprint density at radius 3 is 2.89 bits per heavy atom. The first-order chi connectivity index (χ1) is 9.19. The standard InChI is InChI=1S/C14H22N4O/c1-16-14-8-11(6-7-17-14)9-18(10-13(15)19)12-4-2-3-5-12/h6-8,12H,2-5,9-10H2,1H3,(H2,15,19)(H,16,17). The molecule has 1 aliphatic rings. The summed E-state index contributed by atoms with van der Waals surface area (Å²) in [5, 5.41) is 3.03. The van der Waals surface area contributed by atoms with Gasteiger partial charge in [0.1, 0.15) is 5.82 Å². The van der Waals surface area contributed by atoms with Crippen LogP contribution in [0, 0.1) is 0 Å². The monoisotopic (exact) mass is 262 g/mol. The summed E-state index contributed by atoms with van der Waals surface area (Å²) < 4.78 is 0. The van der Waals surface area contributed by atoms with Gasteiger partial charge in [0.15, 0.2) is 0 Å². The summed E-state index contributed by atoms with van der Waals surface area (Å²) in [6.45, 7) is 1.09. The highest BCUT2D eigenvalue weighted by Crippen LogP contribution is 2.24. The minimum atomic E-state index is -0.255. The van der Waals surface area contributed by atoms with E-state index in [-0.39, 0.29) is 5.91 Å². The molecule has 104 valence electrons. The number of primary amides is 1. The Kier molecular flexibility index (Phi) is 4.74. The van der Waals surface area contributed by atoms with Crippen molar-refractivity contribution in [3.05, 3.63) is 23.9 Å². The van der Waals surface area contributed by atoms with Gasteiger partial charge in [-0.1, -0.05) is 12.8 Å². The third-order valence-electron chi connectivity index (χ3n) is 3.67. The summed E-state index contributed by atoms with van der Waals surface area (Å²) in [4.78, 5) is 17.6. The average Bonchev–Trinajstić information content (AvgIpc) is 2.91. The van der Waals surface area contributed by atoms with Crippen molar-refractivity contribution >= 4 is 11.7 Å². The van der Waals surface area contributed by atoms with E-state index in [2.05, 4.69) is 15.2 Å². The van der Waals surface area contributed by atoms with Gasteiger partial charge >= 0.3 is 0 Å². The fraction of sp³-hybridized carbons (Fsp3) is 0.571. The summed E-state index contributed by atoms with van der Waals surface area (Å²) in [5.41, 5.74) is 6.53. The second-order valence-electron chi connectivity index (χ2n) is 5.11. The highest BCUT2D eigenvalue weighted by molar-refractivity contribution is 5.76. The number of hydrogen-bond acceptors (Lipinski definition) is 4. The van der Waals surface area contributed by atoms with E-state index in [0.29, 0.717) is 12.6 Å². The summed E-state index contributed by atoms with van der Waals surface area (Å²) >= 11 is 0. The van der Waals surface area contributed by atoms with Gasteiger partial charge in [-0.2, -0.15) is 0 Å². The molecule has 5 nitrogen and oxygen atoms in total. The van der Waals surface area contributed by atoms with Crippen molar-refractivity contribution in [3.63, 3.8) is 0 Å². The van der Waals surface area contributed by atoms with Crippen LogP contribution < -0.4 is 11.1 Å². The molecule has 0 radical (unpaired) electrons. The maximum atomic E-state index is 11.2. The summed E-state index contributed by atoms with van der Waals surface area (Å²) in [6.07, 6.45) is 6.61. The second-order valence-corrected chi connectivity index (χ2v) is 5.11. The number of carbonyl (C=O) groups excluding carboxylic acids is 1. The Morgan fingerprint density at radius 1 is 1.53 bits per heavy atom. The third kappa shape index (κ3) is 3.92. The largest absolute Gasteiger partial charge is 0.373 e. The van der Waals surface area contributed by atoms with Gasteiger partial charge in [-0.3, -0.25) is 9.69 Å². The molecule has 1 fully saturated rings. The molecule has 1 saturated carbocycles. The lowest BCUT2D eigenvalue weighted by Crippen LogP contribution is -2.39. The van der Waals surface area contributed by atoms with E-state index in [1.54, 1.807) is 6.20 Å². The van der Waals surface area contributed by atoms with E-state index in [1.165, 1.54) is 12.8 Å². The SMILES string of the molecule is CNc1cc(CN(CC(N)=O)C2CCCC2)ccn1. The number of amides is 1. The number of nitrogens with one attached hydrogen (secondary N) is 1. The molecule has 0 bridgehead atoms. The summed E-state index contributed by atoms with van der Waals surface area (Å²) in [7, 11) is 1.85. The van der Waals surface area contributed by atoms with Gasteiger partial charge in [0.25, 0.3) is 0 Å². The van der Waals surface area contributed by atoms with Crippen molar-refractivity contribution in [2.24, 2.45) is 5.73 Å². The zero-order valence-electron chi connectivity index (χ0n) is 11.4. The molecule has 5 heteroatoms. The highest BCUT2D eigenvalue weighted by Gasteiger charge is 2.23. The van der Waals surface area contributed by atoms with Crippen LogP contribution in [-0.4, -0.2) is 35.4 Å². The van der Waals surface area contributed by atoms with E-state index in [1.807, 2.05) is 19.2 Å². The van der Waals surface area contributed by atoms with E-state index in [0.717, 1.165) is 30.8 Å². The number of pyridine rings is 1. The van der Waals surface area contributed by atoms with Gasteiger partial charge in [-0.25, -0.2) is 4.98 Å². The topological polar surface area (TPSA) is 71.2 Å². The second kappa shape index (κ2) is 6.52. The zero-order valence-corrected chi connectivity index (χ0v) is 11.4. The van der Waals surface area contributed by atoms with Crippen LogP contribution in [0.1, 0.15) is 31.2 Å². The molecule has 3 N–H and O–H groups in total. The maximum Gasteiger partial charge on any atom is 0.231 e. The quantitative estimate of drug-likeness (QED) is 0.812. The number of carbonyl (C=O) groups is 1. The van der Waals surface area contributed by atoms with Crippen LogP contribution in [0.4, 0.5) is 5.82 Å². The Labute approximate surface area is 114 Å². The Morgan fingerprint density at radius 2 is 2.26 bits per heavy atom. The molecule has 1 aliphatic carbocycles. The fourth-order valence-corrected chi connectivity index (χ4v) is 2.73. The number of hydrogen-bond donors (Lipinski definition) is 2. The number of anilines is 1. The molecule has 0 aliphatic heterocycles. The molecule has 0 aromatic carbocycles. The van der Waals surface area contributed by atoms with Crippen molar-refractivity contribution in [1.29, 1.82) is 0 Å². The van der Waals surface area contributed by atoms with E-state index >= 15 is 0 Å². The van der Waals surface area contributed by atoms with Gasteiger partial charge in [-0.05, 0) is 30.5 Å². The molecule has 1 aromatic heterocycles. The zero-order chi connectivity index (χ0) is 13.7. The molecule has 19 heavy (non-hydrogen) atoms. The van der Waals surface area contributed by atoms with Gasteiger partial charge in [0, 0.05) is 25.8 Å². The highest BCUT2D eigenvalue weighted by atomic mass is 16.1.